The zero-order valence-corrected chi connectivity index (χ0v) is 14.6. The van der Waals surface area contributed by atoms with E-state index in [4.69, 9.17) is 9.16 Å². The lowest BCUT2D eigenvalue weighted by Crippen LogP contribution is -2.40. The highest BCUT2D eigenvalue weighted by Gasteiger charge is 2.37. The van der Waals surface area contributed by atoms with Gasteiger partial charge >= 0.3 is 0 Å². The number of hydrogen-bond acceptors (Lipinski definition) is 3. The van der Waals surface area contributed by atoms with Crippen LogP contribution in [0.15, 0.2) is 16.7 Å². The van der Waals surface area contributed by atoms with Crippen molar-refractivity contribution < 1.29 is 9.16 Å². The summed E-state index contributed by atoms with van der Waals surface area (Å²) in [6.45, 7) is 11.7. The first-order chi connectivity index (χ1) is 8.17. The van der Waals surface area contributed by atoms with Crippen molar-refractivity contribution in [3.05, 3.63) is 22.3 Å². The lowest BCUT2D eigenvalue weighted by molar-refractivity contribution is 0.267. The van der Waals surface area contributed by atoms with Crippen molar-refractivity contribution in [2.75, 3.05) is 7.11 Å². The van der Waals surface area contributed by atoms with Crippen LogP contribution in [0.3, 0.4) is 0 Å². The Kier molecular flexibility index (Phi) is 4.97. The Balaban J connectivity index is 2.83. The molecule has 0 spiro atoms. The van der Waals surface area contributed by atoms with Crippen LogP contribution >= 0.6 is 15.9 Å². The number of halogens is 1. The Labute approximate surface area is 119 Å². The predicted molar refractivity (Wildman–Crippen MR) is 80.5 cm³/mol. The van der Waals surface area contributed by atoms with Gasteiger partial charge in [-0.05, 0) is 40.1 Å². The Hall–Kier alpha value is -0.393. The minimum absolute atomic E-state index is 0.208. The molecule has 0 aromatic carbocycles. The van der Waals surface area contributed by atoms with Gasteiger partial charge in [0.1, 0.15) is 0 Å². The van der Waals surface area contributed by atoms with Gasteiger partial charge in [-0.25, -0.2) is 4.98 Å². The smallest absolute Gasteiger partial charge is 0.218 e. The summed E-state index contributed by atoms with van der Waals surface area (Å²) < 4.78 is 12.4. The van der Waals surface area contributed by atoms with E-state index in [1.807, 2.05) is 6.07 Å². The molecule has 102 valence electrons. The average molecular weight is 332 g/mol. The van der Waals surface area contributed by atoms with Crippen molar-refractivity contribution in [2.24, 2.45) is 0 Å². The van der Waals surface area contributed by atoms with Crippen LogP contribution < -0.4 is 4.74 Å². The fraction of sp³-hybridized carbons (Fsp3) is 0.615. The highest BCUT2D eigenvalue weighted by Crippen LogP contribution is 2.37. The van der Waals surface area contributed by atoms with E-state index in [2.05, 4.69) is 54.8 Å². The van der Waals surface area contributed by atoms with Crippen molar-refractivity contribution in [1.29, 1.82) is 0 Å². The minimum atomic E-state index is -1.74. The number of nitrogens with zero attached hydrogens (tertiary/aromatic N) is 1. The third-order valence-electron chi connectivity index (χ3n) is 3.48. The maximum atomic E-state index is 6.18. The highest BCUT2D eigenvalue weighted by molar-refractivity contribution is 9.10. The topological polar surface area (TPSA) is 31.4 Å². The maximum Gasteiger partial charge on any atom is 0.218 e. The average Bonchev–Trinajstić information content (AvgIpc) is 2.25. The highest BCUT2D eigenvalue weighted by atomic mass is 79.9. The van der Waals surface area contributed by atoms with Gasteiger partial charge in [-0.3, -0.25) is 0 Å². The number of ether oxygens (including phenoxy) is 1. The third kappa shape index (κ3) is 3.80. The monoisotopic (exact) mass is 331 g/mol. The summed E-state index contributed by atoms with van der Waals surface area (Å²) in [5.41, 5.74) is 0.983. The molecule has 5 heteroatoms. The Morgan fingerprint density at radius 3 is 2.44 bits per heavy atom. The lowest BCUT2D eigenvalue weighted by atomic mass is 10.2. The molecule has 1 aromatic rings. The first-order valence-corrected chi connectivity index (χ1v) is 9.70. The number of pyridine rings is 1. The van der Waals surface area contributed by atoms with E-state index < -0.39 is 8.32 Å². The van der Waals surface area contributed by atoms with E-state index in [9.17, 15) is 0 Å². The lowest BCUT2D eigenvalue weighted by Gasteiger charge is -2.36. The number of rotatable bonds is 4. The second-order valence-corrected chi connectivity index (χ2v) is 11.6. The van der Waals surface area contributed by atoms with Crippen molar-refractivity contribution >= 4 is 24.2 Å². The summed E-state index contributed by atoms with van der Waals surface area (Å²) in [6.07, 6.45) is 1.73. The van der Waals surface area contributed by atoms with E-state index in [1.165, 1.54) is 0 Å². The quantitative estimate of drug-likeness (QED) is 0.767. The van der Waals surface area contributed by atoms with Gasteiger partial charge in [0.2, 0.25) is 5.88 Å². The molecule has 0 amide bonds. The van der Waals surface area contributed by atoms with Gasteiger partial charge in [0.25, 0.3) is 0 Å². The molecule has 3 nitrogen and oxygen atoms in total. The second kappa shape index (κ2) is 5.71. The largest absolute Gasteiger partial charge is 0.481 e. The molecular formula is C13H22BrNO2Si. The van der Waals surface area contributed by atoms with Crippen molar-refractivity contribution in [3.8, 4) is 5.88 Å². The van der Waals surface area contributed by atoms with Gasteiger partial charge in [-0.2, -0.15) is 0 Å². The molecule has 0 radical (unpaired) electrons. The van der Waals surface area contributed by atoms with Gasteiger partial charge in [0, 0.05) is 16.2 Å². The molecule has 0 fully saturated rings. The van der Waals surface area contributed by atoms with E-state index in [1.54, 1.807) is 13.3 Å². The molecule has 0 aliphatic rings. The van der Waals surface area contributed by atoms with Gasteiger partial charge < -0.3 is 9.16 Å². The standard InChI is InChI=1S/C13H22BrNO2Si/c1-13(2,3)18(5,6)17-9-10-7-11(14)8-15-12(10)16-4/h7-8H,9H2,1-6H3. The zero-order chi connectivity index (χ0) is 14.0. The first-order valence-electron chi connectivity index (χ1n) is 6.00. The molecular weight excluding hydrogens is 310 g/mol. The van der Waals surface area contributed by atoms with Gasteiger partial charge in [0.05, 0.1) is 13.7 Å². The Morgan fingerprint density at radius 1 is 1.33 bits per heavy atom. The van der Waals surface area contributed by atoms with Gasteiger partial charge in [0.15, 0.2) is 8.32 Å². The van der Waals surface area contributed by atoms with Crippen LogP contribution in [0.5, 0.6) is 5.88 Å². The fourth-order valence-corrected chi connectivity index (χ4v) is 2.56. The van der Waals surface area contributed by atoms with Crippen LogP contribution in [-0.2, 0) is 11.0 Å². The molecule has 1 rings (SSSR count). The number of methoxy groups -OCH3 is 1. The van der Waals surface area contributed by atoms with E-state index >= 15 is 0 Å². The van der Waals surface area contributed by atoms with Crippen LogP contribution in [0.25, 0.3) is 0 Å². The fourth-order valence-electron chi connectivity index (χ4n) is 1.23. The van der Waals surface area contributed by atoms with Crippen LogP contribution in [0, 0.1) is 0 Å². The first kappa shape index (κ1) is 15.7. The second-order valence-electron chi connectivity index (χ2n) is 5.87. The molecule has 0 aliphatic heterocycles. The van der Waals surface area contributed by atoms with E-state index in [0.717, 1.165) is 10.0 Å². The zero-order valence-electron chi connectivity index (χ0n) is 12.0. The summed E-state index contributed by atoms with van der Waals surface area (Å²) in [5, 5.41) is 0.208. The normalized spacial score (nSPS) is 12.6. The van der Waals surface area contributed by atoms with Crippen LogP contribution in [0.1, 0.15) is 26.3 Å². The summed E-state index contributed by atoms with van der Waals surface area (Å²) in [4.78, 5) is 4.23. The molecule has 0 N–H and O–H groups in total. The number of aromatic nitrogens is 1. The molecule has 18 heavy (non-hydrogen) atoms. The van der Waals surface area contributed by atoms with E-state index in [0.29, 0.717) is 12.5 Å². The molecule has 0 saturated heterocycles. The summed E-state index contributed by atoms with van der Waals surface area (Å²) in [5.74, 6) is 0.636. The molecule has 0 atom stereocenters. The van der Waals surface area contributed by atoms with E-state index in [-0.39, 0.29) is 5.04 Å². The van der Waals surface area contributed by atoms with Crippen molar-refractivity contribution in [1.82, 2.24) is 4.98 Å². The molecule has 0 bridgehead atoms. The van der Waals surface area contributed by atoms with Gasteiger partial charge in [-0.1, -0.05) is 20.8 Å². The molecule has 1 heterocycles. The van der Waals surface area contributed by atoms with Crippen molar-refractivity contribution in [3.63, 3.8) is 0 Å². The van der Waals surface area contributed by atoms with Crippen molar-refractivity contribution in [2.45, 2.75) is 45.5 Å². The molecule has 1 aromatic heterocycles. The maximum absolute atomic E-state index is 6.18. The molecule has 0 unspecified atom stereocenters. The molecule has 0 aliphatic carbocycles. The Bertz CT molecular complexity index is 416. The summed E-state index contributed by atoms with van der Waals surface area (Å²) in [6, 6.07) is 2.00. The van der Waals surface area contributed by atoms with Crippen LogP contribution in [-0.4, -0.2) is 20.4 Å². The summed E-state index contributed by atoms with van der Waals surface area (Å²) >= 11 is 3.42. The molecule has 0 saturated carbocycles. The summed E-state index contributed by atoms with van der Waals surface area (Å²) in [7, 11) is -0.108. The van der Waals surface area contributed by atoms with Gasteiger partial charge in [-0.15, -0.1) is 0 Å². The third-order valence-corrected chi connectivity index (χ3v) is 8.39. The van der Waals surface area contributed by atoms with Crippen LogP contribution in [0.4, 0.5) is 0 Å². The SMILES string of the molecule is COc1ncc(Br)cc1CO[Si](C)(C)C(C)(C)C. The van der Waals surface area contributed by atoms with Crippen LogP contribution in [0.2, 0.25) is 18.1 Å². The minimum Gasteiger partial charge on any atom is -0.481 e. The predicted octanol–water partition coefficient (Wildman–Crippen LogP) is 4.37. The number of hydrogen-bond donors (Lipinski definition) is 0. The Morgan fingerprint density at radius 2 is 1.94 bits per heavy atom.